The van der Waals surface area contributed by atoms with Crippen LogP contribution in [0.1, 0.15) is 0 Å². The zero-order chi connectivity index (χ0) is 39.8. The van der Waals surface area contributed by atoms with Crippen molar-refractivity contribution in [2.45, 2.75) is 0 Å². The van der Waals surface area contributed by atoms with Crippen LogP contribution in [-0.4, -0.2) is 9.97 Å². The van der Waals surface area contributed by atoms with Crippen LogP contribution in [0.3, 0.4) is 0 Å². The average Bonchev–Trinajstić information content (AvgIpc) is 3.33. The summed E-state index contributed by atoms with van der Waals surface area (Å²) in [4.78, 5) is 10.9. The number of fused-ring (bicyclic) bond motifs is 12. The van der Waals surface area contributed by atoms with Gasteiger partial charge in [0.25, 0.3) is 0 Å². The Morgan fingerprint density at radius 3 is 1.43 bits per heavy atom. The second-order valence-corrected chi connectivity index (χ2v) is 18.2. The first-order valence-corrected chi connectivity index (χ1v) is 22.1. The van der Waals surface area contributed by atoms with E-state index in [0.29, 0.717) is 0 Å². The Morgan fingerprint density at radius 1 is 0.367 bits per heavy atom. The van der Waals surface area contributed by atoms with E-state index in [1.807, 2.05) is 66.9 Å². The molecule has 280 valence electrons. The molecular weight excluding hydrogens is 748 g/mol. The molecule has 0 N–H and O–H groups in total. The van der Waals surface area contributed by atoms with Crippen molar-refractivity contribution >= 4 is 98.7 Å². The summed E-state index contributed by atoms with van der Waals surface area (Å²) >= 11 is 0. The zero-order valence-electron chi connectivity index (χ0n) is 32.5. The topological polar surface area (TPSA) is 42.9 Å². The lowest BCUT2D eigenvalue weighted by molar-refractivity contribution is 0.593. The molecule has 0 aliphatic rings. The maximum atomic E-state index is 16.4. The van der Waals surface area contributed by atoms with Crippen LogP contribution in [0.25, 0.3) is 98.1 Å². The lowest BCUT2D eigenvalue weighted by Gasteiger charge is -2.26. The smallest absolute Gasteiger partial charge is 0.172 e. The van der Waals surface area contributed by atoms with Gasteiger partial charge in [0.1, 0.15) is 0 Å². The van der Waals surface area contributed by atoms with Crippen molar-refractivity contribution in [3.8, 4) is 22.4 Å². The van der Waals surface area contributed by atoms with Crippen LogP contribution in [-0.2, 0) is 4.57 Å². The normalized spacial score (nSPS) is 12.1. The van der Waals surface area contributed by atoms with Gasteiger partial charge in [0.15, 0.2) is 7.14 Å². The molecule has 0 unspecified atom stereocenters. The molecule has 12 aromatic rings. The van der Waals surface area contributed by atoms with E-state index in [2.05, 4.69) is 146 Å². The highest BCUT2D eigenvalue weighted by Gasteiger charge is 2.34. The Balaban J connectivity index is 1.29. The maximum Gasteiger partial charge on any atom is 0.172 e. The summed E-state index contributed by atoms with van der Waals surface area (Å²) in [6.07, 6.45) is 1.91. The average molecular weight is 783 g/mol. The Hall–Kier alpha value is -7.45. The van der Waals surface area contributed by atoms with E-state index >= 15 is 4.57 Å². The summed E-state index contributed by atoms with van der Waals surface area (Å²) in [5.74, 6) is 0. The predicted octanol–water partition coefficient (Wildman–Crippen LogP) is 13.5. The summed E-state index contributed by atoms with van der Waals surface area (Å²) in [6.45, 7) is 0. The van der Waals surface area contributed by atoms with Crippen molar-refractivity contribution in [2.75, 3.05) is 0 Å². The van der Waals surface area contributed by atoms with Gasteiger partial charge in [-0.2, -0.15) is 0 Å². The van der Waals surface area contributed by atoms with Gasteiger partial charge in [-0.05, 0) is 55.4 Å². The van der Waals surface area contributed by atoms with Crippen LogP contribution in [0.5, 0.6) is 0 Å². The van der Waals surface area contributed by atoms with Crippen LogP contribution in [0, 0.1) is 0 Å². The van der Waals surface area contributed by atoms with Gasteiger partial charge >= 0.3 is 0 Å². The summed E-state index contributed by atoms with van der Waals surface area (Å²) in [5.41, 5.74) is 5.93. The third-order valence-corrected chi connectivity index (χ3v) is 15.5. The van der Waals surface area contributed by atoms with Crippen molar-refractivity contribution in [2.24, 2.45) is 0 Å². The molecule has 0 saturated carbocycles. The Kier molecular flexibility index (Phi) is 7.82. The fourth-order valence-corrected chi connectivity index (χ4v) is 12.9. The summed E-state index contributed by atoms with van der Waals surface area (Å²) in [5, 5.41) is 15.5. The van der Waals surface area contributed by atoms with Gasteiger partial charge < -0.3 is 4.57 Å². The Morgan fingerprint density at radius 2 is 0.833 bits per heavy atom. The molecule has 4 heteroatoms. The van der Waals surface area contributed by atoms with Crippen LogP contribution >= 0.6 is 7.14 Å². The van der Waals surface area contributed by atoms with Gasteiger partial charge in [0.05, 0.1) is 16.7 Å². The molecule has 0 saturated heterocycles. The van der Waals surface area contributed by atoms with E-state index < -0.39 is 7.14 Å². The van der Waals surface area contributed by atoms with E-state index in [9.17, 15) is 0 Å². The molecule has 0 bridgehead atoms. The molecule has 2 heterocycles. The van der Waals surface area contributed by atoms with Crippen molar-refractivity contribution in [3.63, 3.8) is 0 Å². The van der Waals surface area contributed by atoms with Gasteiger partial charge in [-0.1, -0.05) is 194 Å². The minimum atomic E-state index is -3.41. The highest BCUT2D eigenvalue weighted by Crippen LogP contribution is 2.51. The van der Waals surface area contributed by atoms with E-state index in [1.165, 1.54) is 16.2 Å². The highest BCUT2D eigenvalue weighted by atomic mass is 31.2. The Labute approximate surface area is 346 Å². The minimum Gasteiger partial charge on any atom is -0.309 e. The summed E-state index contributed by atoms with van der Waals surface area (Å²) < 4.78 is 16.4. The first-order chi connectivity index (χ1) is 29.7. The number of pyridine rings is 2. The summed E-state index contributed by atoms with van der Waals surface area (Å²) in [6, 6.07) is 71.6. The summed E-state index contributed by atoms with van der Waals surface area (Å²) in [7, 11) is -3.41. The second kappa shape index (κ2) is 13.6. The molecule has 0 aliphatic heterocycles. The molecule has 60 heavy (non-hydrogen) atoms. The van der Waals surface area contributed by atoms with Gasteiger partial charge in [-0.3, -0.25) is 4.98 Å². The molecule has 3 nitrogen and oxygen atoms in total. The molecule has 2 aromatic heterocycles. The molecule has 0 amide bonds. The quantitative estimate of drug-likeness (QED) is 0.0992. The third-order valence-electron chi connectivity index (χ3n) is 12.3. The largest absolute Gasteiger partial charge is 0.309 e. The lowest BCUT2D eigenvalue weighted by atomic mass is 9.86. The molecule has 12 rings (SSSR count). The number of rotatable bonds is 5. The second-order valence-electron chi connectivity index (χ2n) is 15.5. The van der Waals surface area contributed by atoms with Gasteiger partial charge in [-0.15, -0.1) is 0 Å². The number of hydrogen-bond donors (Lipinski definition) is 0. The molecule has 0 fully saturated rings. The van der Waals surface area contributed by atoms with Crippen molar-refractivity contribution in [3.05, 3.63) is 212 Å². The first-order valence-electron chi connectivity index (χ1n) is 20.4. The van der Waals surface area contributed by atoms with Crippen molar-refractivity contribution in [1.82, 2.24) is 9.97 Å². The van der Waals surface area contributed by atoms with E-state index in [1.54, 1.807) is 0 Å². The van der Waals surface area contributed by atoms with Gasteiger partial charge in [0, 0.05) is 60.2 Å². The number of hydrogen-bond acceptors (Lipinski definition) is 3. The van der Waals surface area contributed by atoms with Crippen LogP contribution in [0.4, 0.5) is 0 Å². The van der Waals surface area contributed by atoms with E-state index in [4.69, 9.17) is 9.97 Å². The first kappa shape index (κ1) is 34.6. The van der Waals surface area contributed by atoms with Gasteiger partial charge in [-0.25, -0.2) is 4.98 Å². The molecule has 0 atom stereocenters. The monoisotopic (exact) mass is 782 g/mol. The number of benzene rings is 10. The predicted molar refractivity (Wildman–Crippen MR) is 255 cm³/mol. The van der Waals surface area contributed by atoms with Crippen LogP contribution in [0.2, 0.25) is 0 Å². The van der Waals surface area contributed by atoms with E-state index in [-0.39, 0.29) is 0 Å². The maximum absolute atomic E-state index is 16.4. The molecule has 0 radical (unpaired) electrons. The van der Waals surface area contributed by atoms with Crippen LogP contribution in [0.15, 0.2) is 212 Å². The Bertz CT molecular complexity index is 3640. The van der Waals surface area contributed by atoms with Crippen molar-refractivity contribution in [1.29, 1.82) is 0 Å². The SMILES string of the molecule is O=P(c1ccccc1)(c1ccccc1)c1c2ccccc2c(-c2cc3c(-c4ccccc4)nc4c5ccccc5c5ccccc5c4c3c3cccnc23)c2ccccc12. The standard InChI is InChI=1S/C56H35N2OP/c59-60(37-21-6-2-7-22-37,38-23-8-3-9-24-38)56-45-31-16-13-28-42(45)50(43-29-14-17-32-46(43)56)48-35-49-51(47-33-18-34-57-54(47)48)52-41-27-12-10-25-39(41)40-26-11-15-30-44(40)55(52)58-53(49)36-19-4-1-5-20-36/h1-35H. The molecule has 0 aliphatic carbocycles. The third kappa shape index (κ3) is 5.00. The van der Waals surface area contributed by atoms with Gasteiger partial charge in [0.2, 0.25) is 0 Å². The molecule has 0 spiro atoms. The minimum absolute atomic E-state index is 0.808. The fraction of sp³-hybridized carbons (Fsp3) is 0. The van der Waals surface area contributed by atoms with Crippen LogP contribution < -0.4 is 15.9 Å². The number of aromatic nitrogens is 2. The molecular formula is C56H35N2OP. The van der Waals surface area contributed by atoms with E-state index in [0.717, 1.165) is 97.8 Å². The highest BCUT2D eigenvalue weighted by molar-refractivity contribution is 7.86. The van der Waals surface area contributed by atoms with Crippen molar-refractivity contribution < 1.29 is 4.57 Å². The molecule has 10 aromatic carbocycles. The fourth-order valence-electron chi connectivity index (χ4n) is 9.80. The lowest BCUT2D eigenvalue weighted by Crippen LogP contribution is -2.26. The number of nitrogens with zero attached hydrogens (tertiary/aromatic N) is 2. The zero-order valence-corrected chi connectivity index (χ0v) is 33.4.